The first-order valence-corrected chi connectivity index (χ1v) is 8.77. The fourth-order valence-electron chi connectivity index (χ4n) is 3.49. The summed E-state index contributed by atoms with van der Waals surface area (Å²) in [6.45, 7) is 2.04. The fraction of sp³-hybridized carbons (Fsp3) is 0.238. The smallest absolute Gasteiger partial charge is 0.226 e. The Labute approximate surface area is 157 Å². The molecule has 1 aromatic heterocycles. The van der Waals surface area contributed by atoms with Gasteiger partial charge in [0, 0.05) is 23.5 Å². The number of carbonyl (C=O) groups excluding carboxylic acids is 1. The van der Waals surface area contributed by atoms with Crippen LogP contribution in [0.4, 0.5) is 5.82 Å². The molecule has 6 nitrogen and oxygen atoms in total. The summed E-state index contributed by atoms with van der Waals surface area (Å²) in [5, 5.41) is 7.51. The highest BCUT2D eigenvalue weighted by molar-refractivity contribution is 5.94. The van der Waals surface area contributed by atoms with Crippen LogP contribution >= 0.6 is 0 Å². The summed E-state index contributed by atoms with van der Waals surface area (Å²) < 4.78 is 12.7. The zero-order valence-corrected chi connectivity index (χ0v) is 15.5. The van der Waals surface area contributed by atoms with E-state index in [0.29, 0.717) is 12.2 Å². The maximum Gasteiger partial charge on any atom is 0.226 e. The Kier molecular flexibility index (Phi) is 4.32. The number of fused-ring (bicyclic) bond motifs is 1. The van der Waals surface area contributed by atoms with Gasteiger partial charge in [-0.15, -0.1) is 0 Å². The number of nitrogens with one attached hydrogen (secondary N) is 1. The van der Waals surface area contributed by atoms with E-state index in [1.807, 2.05) is 55.6 Å². The van der Waals surface area contributed by atoms with Crippen LogP contribution in [0.5, 0.6) is 11.5 Å². The van der Waals surface area contributed by atoms with E-state index in [1.54, 1.807) is 18.9 Å². The predicted octanol–water partition coefficient (Wildman–Crippen LogP) is 3.67. The zero-order chi connectivity index (χ0) is 19.0. The summed E-state index contributed by atoms with van der Waals surface area (Å²) in [5.74, 6) is 1.95. The Morgan fingerprint density at radius 3 is 2.56 bits per heavy atom. The van der Waals surface area contributed by atoms with Crippen LogP contribution in [0.2, 0.25) is 0 Å². The van der Waals surface area contributed by atoms with Crippen molar-refractivity contribution in [2.75, 3.05) is 19.5 Å². The van der Waals surface area contributed by atoms with Crippen molar-refractivity contribution >= 4 is 11.7 Å². The highest BCUT2D eigenvalue weighted by Gasteiger charge is 2.32. The van der Waals surface area contributed by atoms with E-state index in [-0.39, 0.29) is 11.8 Å². The quantitative estimate of drug-likeness (QED) is 0.768. The van der Waals surface area contributed by atoms with Gasteiger partial charge in [0.2, 0.25) is 5.91 Å². The standard InChI is InChI=1S/C21H21N3O3/c1-13-4-6-14(7-5-13)24-21-18(12-22-24)16(11-20(25)23-21)17-10-15(26-2)8-9-19(17)27-3/h4-10,12,16H,11H2,1-3H3,(H,23,25). The first-order valence-electron chi connectivity index (χ1n) is 8.77. The number of amides is 1. The minimum atomic E-state index is -0.155. The van der Waals surface area contributed by atoms with Gasteiger partial charge in [0.25, 0.3) is 0 Å². The van der Waals surface area contributed by atoms with E-state index in [1.165, 1.54) is 5.56 Å². The lowest BCUT2D eigenvalue weighted by molar-refractivity contribution is -0.116. The molecule has 6 heteroatoms. The van der Waals surface area contributed by atoms with Crippen molar-refractivity contribution in [3.8, 4) is 17.2 Å². The van der Waals surface area contributed by atoms with E-state index < -0.39 is 0 Å². The van der Waals surface area contributed by atoms with Gasteiger partial charge in [-0.1, -0.05) is 17.7 Å². The van der Waals surface area contributed by atoms with Crippen molar-refractivity contribution in [2.24, 2.45) is 0 Å². The summed E-state index contributed by atoms with van der Waals surface area (Å²) in [4.78, 5) is 12.5. The number of anilines is 1. The molecule has 1 N–H and O–H groups in total. The summed E-state index contributed by atoms with van der Waals surface area (Å²) in [6.07, 6.45) is 2.15. The number of rotatable bonds is 4. The van der Waals surface area contributed by atoms with Gasteiger partial charge in [0.15, 0.2) is 0 Å². The van der Waals surface area contributed by atoms with Crippen molar-refractivity contribution in [3.63, 3.8) is 0 Å². The molecule has 2 heterocycles. The number of hydrogen-bond donors (Lipinski definition) is 1. The Bertz CT molecular complexity index is 992. The highest BCUT2D eigenvalue weighted by atomic mass is 16.5. The predicted molar refractivity (Wildman–Crippen MR) is 103 cm³/mol. The Morgan fingerprint density at radius 2 is 1.85 bits per heavy atom. The van der Waals surface area contributed by atoms with Crippen LogP contribution in [0.25, 0.3) is 5.69 Å². The molecule has 0 bridgehead atoms. The number of aryl methyl sites for hydroxylation is 1. The van der Waals surface area contributed by atoms with Crippen molar-refractivity contribution in [3.05, 3.63) is 65.4 Å². The lowest BCUT2D eigenvalue weighted by Gasteiger charge is -2.25. The largest absolute Gasteiger partial charge is 0.497 e. The lowest BCUT2D eigenvalue weighted by Crippen LogP contribution is -2.24. The molecule has 0 spiro atoms. The maximum atomic E-state index is 12.5. The third-order valence-electron chi connectivity index (χ3n) is 4.91. The van der Waals surface area contributed by atoms with Crippen LogP contribution in [0.15, 0.2) is 48.7 Å². The van der Waals surface area contributed by atoms with E-state index in [0.717, 1.165) is 28.3 Å². The average molecular weight is 363 g/mol. The number of hydrogen-bond acceptors (Lipinski definition) is 4. The molecule has 0 aliphatic carbocycles. The molecule has 1 atom stereocenters. The molecule has 27 heavy (non-hydrogen) atoms. The molecule has 1 amide bonds. The second-order valence-electron chi connectivity index (χ2n) is 6.61. The lowest BCUT2D eigenvalue weighted by atomic mass is 9.86. The molecule has 1 unspecified atom stereocenters. The van der Waals surface area contributed by atoms with Crippen LogP contribution < -0.4 is 14.8 Å². The van der Waals surface area contributed by atoms with Gasteiger partial charge < -0.3 is 14.8 Å². The third-order valence-corrected chi connectivity index (χ3v) is 4.91. The Morgan fingerprint density at radius 1 is 1.07 bits per heavy atom. The second-order valence-corrected chi connectivity index (χ2v) is 6.61. The summed E-state index contributed by atoms with van der Waals surface area (Å²) in [7, 11) is 3.25. The molecule has 1 aliphatic rings. The molecule has 3 aromatic rings. The molecule has 4 rings (SSSR count). The topological polar surface area (TPSA) is 65.4 Å². The zero-order valence-electron chi connectivity index (χ0n) is 15.5. The second kappa shape index (κ2) is 6.79. The SMILES string of the molecule is COc1ccc(OC)c(C2CC(=O)Nc3c2cnn3-c2ccc(C)cc2)c1. The molecule has 0 saturated carbocycles. The first-order chi connectivity index (χ1) is 13.1. The van der Waals surface area contributed by atoms with Crippen LogP contribution in [0.1, 0.15) is 29.0 Å². The van der Waals surface area contributed by atoms with Crippen LogP contribution in [-0.2, 0) is 4.79 Å². The van der Waals surface area contributed by atoms with Crippen LogP contribution in [0, 0.1) is 6.92 Å². The van der Waals surface area contributed by atoms with Gasteiger partial charge in [-0.25, -0.2) is 4.68 Å². The normalized spacial score (nSPS) is 15.8. The fourth-order valence-corrected chi connectivity index (χ4v) is 3.49. The van der Waals surface area contributed by atoms with Gasteiger partial charge in [-0.05, 0) is 37.3 Å². The average Bonchev–Trinajstić information content (AvgIpc) is 3.11. The van der Waals surface area contributed by atoms with E-state index in [4.69, 9.17) is 9.47 Å². The van der Waals surface area contributed by atoms with Crippen LogP contribution in [-0.4, -0.2) is 29.9 Å². The minimum absolute atomic E-state index is 0.0498. The number of benzene rings is 2. The van der Waals surface area contributed by atoms with E-state index in [9.17, 15) is 4.79 Å². The van der Waals surface area contributed by atoms with Crippen molar-refractivity contribution in [1.29, 1.82) is 0 Å². The molecular weight excluding hydrogens is 342 g/mol. The number of carbonyl (C=O) groups is 1. The molecular formula is C21H21N3O3. The summed E-state index contributed by atoms with van der Waals surface area (Å²) in [5.41, 5.74) is 3.95. The Balaban J connectivity index is 1.83. The highest BCUT2D eigenvalue weighted by Crippen LogP contribution is 2.42. The molecule has 0 fully saturated rings. The van der Waals surface area contributed by atoms with Crippen molar-refractivity contribution < 1.29 is 14.3 Å². The molecule has 1 aliphatic heterocycles. The minimum Gasteiger partial charge on any atom is -0.497 e. The van der Waals surface area contributed by atoms with Crippen molar-refractivity contribution in [2.45, 2.75) is 19.3 Å². The number of nitrogens with zero attached hydrogens (tertiary/aromatic N) is 2. The monoisotopic (exact) mass is 363 g/mol. The molecule has 0 radical (unpaired) electrons. The summed E-state index contributed by atoms with van der Waals surface area (Å²) in [6, 6.07) is 13.7. The molecule has 0 saturated heterocycles. The maximum absolute atomic E-state index is 12.5. The van der Waals surface area contributed by atoms with Gasteiger partial charge in [-0.3, -0.25) is 4.79 Å². The van der Waals surface area contributed by atoms with Crippen LogP contribution in [0.3, 0.4) is 0 Å². The van der Waals surface area contributed by atoms with E-state index >= 15 is 0 Å². The summed E-state index contributed by atoms with van der Waals surface area (Å²) >= 11 is 0. The molecule has 2 aromatic carbocycles. The number of methoxy groups -OCH3 is 2. The van der Waals surface area contributed by atoms with Crippen molar-refractivity contribution in [1.82, 2.24) is 9.78 Å². The van der Waals surface area contributed by atoms with Gasteiger partial charge >= 0.3 is 0 Å². The van der Waals surface area contributed by atoms with E-state index in [2.05, 4.69) is 10.4 Å². The number of aromatic nitrogens is 2. The van der Waals surface area contributed by atoms with Gasteiger partial charge in [0.1, 0.15) is 17.3 Å². The first kappa shape index (κ1) is 17.1. The molecule has 138 valence electrons. The third kappa shape index (κ3) is 3.03. The number of ether oxygens (including phenoxy) is 2. The Hall–Kier alpha value is -3.28. The van der Waals surface area contributed by atoms with Gasteiger partial charge in [-0.2, -0.15) is 5.10 Å². The van der Waals surface area contributed by atoms with Gasteiger partial charge in [0.05, 0.1) is 26.1 Å².